The second kappa shape index (κ2) is 7.00. The first-order valence-electron chi connectivity index (χ1n) is 6.74. The maximum atomic E-state index is 12.2. The molecular formula is C14H15ClN6O. The van der Waals surface area contributed by atoms with Crippen LogP contribution in [0.25, 0.3) is 5.69 Å². The first-order chi connectivity index (χ1) is 10.5. The summed E-state index contributed by atoms with van der Waals surface area (Å²) in [6.07, 6.45) is 2.02. The summed E-state index contributed by atoms with van der Waals surface area (Å²) in [5, 5.41) is 22.9. The van der Waals surface area contributed by atoms with Gasteiger partial charge in [0.05, 0.1) is 22.3 Å². The number of tetrazole rings is 1. The van der Waals surface area contributed by atoms with Crippen molar-refractivity contribution in [3.05, 3.63) is 35.1 Å². The summed E-state index contributed by atoms with van der Waals surface area (Å²) in [6, 6.07) is 6.40. The van der Waals surface area contributed by atoms with Crippen molar-refractivity contribution in [1.82, 2.24) is 25.5 Å². The van der Waals surface area contributed by atoms with Crippen molar-refractivity contribution in [2.75, 3.05) is 0 Å². The van der Waals surface area contributed by atoms with Crippen molar-refractivity contribution < 1.29 is 4.79 Å². The Bertz CT molecular complexity index is 692. The van der Waals surface area contributed by atoms with E-state index in [0.717, 1.165) is 0 Å². The third kappa shape index (κ3) is 3.80. The lowest BCUT2D eigenvalue weighted by atomic mass is 10.0. The van der Waals surface area contributed by atoms with Gasteiger partial charge in [-0.3, -0.25) is 4.79 Å². The Morgan fingerprint density at radius 2 is 2.27 bits per heavy atom. The molecule has 1 aromatic carbocycles. The molecule has 0 bridgehead atoms. The van der Waals surface area contributed by atoms with Crippen molar-refractivity contribution in [2.24, 2.45) is 5.92 Å². The Balaban J connectivity index is 2.15. The number of nitrogens with zero attached hydrogens (tertiary/aromatic N) is 5. The van der Waals surface area contributed by atoms with Gasteiger partial charge in [-0.15, -0.1) is 5.10 Å². The lowest BCUT2D eigenvalue weighted by Gasteiger charge is -2.14. The van der Waals surface area contributed by atoms with E-state index in [0.29, 0.717) is 23.6 Å². The molecule has 22 heavy (non-hydrogen) atoms. The van der Waals surface area contributed by atoms with Crippen LogP contribution in [0.3, 0.4) is 0 Å². The topological polar surface area (TPSA) is 96.5 Å². The zero-order valence-corrected chi connectivity index (χ0v) is 12.9. The van der Waals surface area contributed by atoms with Crippen LogP contribution in [0.15, 0.2) is 24.5 Å². The molecule has 0 aliphatic carbocycles. The van der Waals surface area contributed by atoms with E-state index in [1.54, 1.807) is 18.2 Å². The summed E-state index contributed by atoms with van der Waals surface area (Å²) in [5.41, 5.74) is 0.952. The Kier molecular flexibility index (Phi) is 5.07. The molecule has 0 fully saturated rings. The fourth-order valence-corrected chi connectivity index (χ4v) is 2.22. The molecule has 2 rings (SSSR count). The summed E-state index contributed by atoms with van der Waals surface area (Å²) < 4.78 is 1.43. The van der Waals surface area contributed by atoms with Gasteiger partial charge in [-0.05, 0) is 41.0 Å². The van der Waals surface area contributed by atoms with Crippen molar-refractivity contribution >= 4 is 17.5 Å². The average Bonchev–Trinajstić information content (AvgIpc) is 2.99. The number of carbonyl (C=O) groups excluding carboxylic acids is 1. The highest BCUT2D eigenvalue weighted by molar-refractivity contribution is 6.34. The van der Waals surface area contributed by atoms with Gasteiger partial charge >= 0.3 is 0 Å². The molecule has 0 saturated heterocycles. The summed E-state index contributed by atoms with van der Waals surface area (Å²) in [4.78, 5) is 12.2. The fourth-order valence-electron chi connectivity index (χ4n) is 1.96. The van der Waals surface area contributed by atoms with Crippen LogP contribution >= 0.6 is 11.6 Å². The van der Waals surface area contributed by atoms with E-state index in [1.165, 1.54) is 11.0 Å². The second-order valence-electron chi connectivity index (χ2n) is 5.20. The molecule has 0 radical (unpaired) electrons. The molecule has 0 saturated carbocycles. The largest absolute Gasteiger partial charge is 0.336 e. The standard InChI is InChI=1S/C14H15ClN6O/c1-9(2)5-10(7-16)18-14(22)12-4-3-11(6-13(12)15)21-8-17-19-20-21/h3-4,6,8-10H,5H2,1-2H3,(H,18,22). The normalized spacial score (nSPS) is 12.0. The molecule has 1 heterocycles. The molecule has 8 heteroatoms. The first-order valence-corrected chi connectivity index (χ1v) is 7.12. The van der Waals surface area contributed by atoms with E-state index in [9.17, 15) is 4.79 Å². The quantitative estimate of drug-likeness (QED) is 0.909. The van der Waals surface area contributed by atoms with Crippen molar-refractivity contribution in [1.29, 1.82) is 5.26 Å². The zero-order chi connectivity index (χ0) is 16.1. The third-order valence-electron chi connectivity index (χ3n) is 2.98. The van der Waals surface area contributed by atoms with Crippen LogP contribution < -0.4 is 5.32 Å². The number of hydrogen-bond donors (Lipinski definition) is 1. The molecule has 1 N–H and O–H groups in total. The van der Waals surface area contributed by atoms with Gasteiger partial charge in [0.1, 0.15) is 12.4 Å². The van der Waals surface area contributed by atoms with Gasteiger partial charge in [-0.25, -0.2) is 4.68 Å². The second-order valence-corrected chi connectivity index (χ2v) is 5.61. The van der Waals surface area contributed by atoms with E-state index in [2.05, 4.69) is 26.9 Å². The number of nitriles is 1. The van der Waals surface area contributed by atoms with Crippen LogP contribution in [0.1, 0.15) is 30.6 Å². The lowest BCUT2D eigenvalue weighted by molar-refractivity contribution is 0.0942. The van der Waals surface area contributed by atoms with Gasteiger partial charge in [0, 0.05) is 0 Å². The van der Waals surface area contributed by atoms with Gasteiger partial charge in [0.15, 0.2) is 0 Å². The van der Waals surface area contributed by atoms with E-state index in [1.807, 2.05) is 13.8 Å². The van der Waals surface area contributed by atoms with Crippen LogP contribution in [0.4, 0.5) is 0 Å². The van der Waals surface area contributed by atoms with Gasteiger partial charge in [0.2, 0.25) is 0 Å². The maximum Gasteiger partial charge on any atom is 0.253 e. The highest BCUT2D eigenvalue weighted by Gasteiger charge is 2.17. The summed E-state index contributed by atoms with van der Waals surface area (Å²) in [6.45, 7) is 3.98. The molecule has 1 amide bonds. The van der Waals surface area contributed by atoms with Crippen LogP contribution in [0.5, 0.6) is 0 Å². The molecule has 7 nitrogen and oxygen atoms in total. The van der Waals surface area contributed by atoms with Gasteiger partial charge in [0.25, 0.3) is 5.91 Å². The Morgan fingerprint density at radius 1 is 1.50 bits per heavy atom. The van der Waals surface area contributed by atoms with E-state index < -0.39 is 6.04 Å². The minimum atomic E-state index is -0.539. The Morgan fingerprint density at radius 3 is 2.82 bits per heavy atom. The highest BCUT2D eigenvalue weighted by Crippen LogP contribution is 2.20. The summed E-state index contributed by atoms with van der Waals surface area (Å²) in [5.74, 6) is -0.0666. The molecule has 1 aromatic heterocycles. The number of halogens is 1. The summed E-state index contributed by atoms with van der Waals surface area (Å²) >= 11 is 6.15. The number of nitrogens with one attached hydrogen (secondary N) is 1. The molecule has 1 atom stereocenters. The maximum absolute atomic E-state index is 12.2. The van der Waals surface area contributed by atoms with E-state index >= 15 is 0 Å². The molecule has 0 aliphatic rings. The van der Waals surface area contributed by atoms with Crippen LogP contribution in [0, 0.1) is 17.2 Å². The number of amides is 1. The van der Waals surface area contributed by atoms with Gasteiger partial charge in [-0.1, -0.05) is 25.4 Å². The summed E-state index contributed by atoms with van der Waals surface area (Å²) in [7, 11) is 0. The molecule has 0 aliphatic heterocycles. The molecule has 1 unspecified atom stereocenters. The zero-order valence-electron chi connectivity index (χ0n) is 12.2. The number of benzene rings is 1. The predicted octanol–water partition coefficient (Wildman–Crippen LogP) is 1.98. The van der Waals surface area contributed by atoms with Gasteiger partial charge in [-0.2, -0.15) is 5.26 Å². The molecule has 0 spiro atoms. The van der Waals surface area contributed by atoms with Crippen molar-refractivity contribution in [3.63, 3.8) is 0 Å². The molecule has 2 aromatic rings. The Labute approximate surface area is 132 Å². The van der Waals surface area contributed by atoms with E-state index in [4.69, 9.17) is 16.9 Å². The smallest absolute Gasteiger partial charge is 0.253 e. The Hall–Kier alpha value is -2.46. The number of rotatable bonds is 5. The molecule has 114 valence electrons. The monoisotopic (exact) mass is 318 g/mol. The lowest BCUT2D eigenvalue weighted by Crippen LogP contribution is -2.34. The van der Waals surface area contributed by atoms with Crippen LogP contribution in [-0.2, 0) is 0 Å². The predicted molar refractivity (Wildman–Crippen MR) is 80.5 cm³/mol. The van der Waals surface area contributed by atoms with Crippen LogP contribution in [0.2, 0.25) is 5.02 Å². The highest BCUT2D eigenvalue weighted by atomic mass is 35.5. The average molecular weight is 319 g/mol. The van der Waals surface area contributed by atoms with Gasteiger partial charge < -0.3 is 5.32 Å². The minimum Gasteiger partial charge on any atom is -0.336 e. The van der Waals surface area contributed by atoms with Crippen molar-refractivity contribution in [3.8, 4) is 11.8 Å². The van der Waals surface area contributed by atoms with E-state index in [-0.39, 0.29) is 10.9 Å². The number of aromatic nitrogens is 4. The minimum absolute atomic E-state index is 0.270. The first kappa shape index (κ1) is 15.9. The third-order valence-corrected chi connectivity index (χ3v) is 3.29. The fraction of sp³-hybridized carbons (Fsp3) is 0.357. The van der Waals surface area contributed by atoms with Crippen molar-refractivity contribution in [2.45, 2.75) is 26.3 Å². The van der Waals surface area contributed by atoms with Crippen LogP contribution in [-0.4, -0.2) is 32.2 Å². The SMILES string of the molecule is CC(C)CC(C#N)NC(=O)c1ccc(-n2cnnn2)cc1Cl. The number of carbonyl (C=O) groups is 1. The molecular weight excluding hydrogens is 304 g/mol. The number of hydrogen-bond acceptors (Lipinski definition) is 5.